The Balaban J connectivity index is 2.04. The largest absolute Gasteiger partial charge is 0.370 e. The van der Waals surface area contributed by atoms with Gasteiger partial charge in [-0.1, -0.05) is 12.8 Å². The minimum Gasteiger partial charge on any atom is -0.370 e. The molecule has 2 N–H and O–H groups in total. The molecule has 19 heavy (non-hydrogen) atoms. The Bertz CT molecular complexity index is 368. The molecule has 0 aromatic heterocycles. The highest BCUT2D eigenvalue weighted by atomic mass is 16.2. The van der Waals surface area contributed by atoms with Crippen LogP contribution in [0, 0.1) is 5.41 Å². The van der Waals surface area contributed by atoms with Crippen molar-refractivity contribution in [2.45, 2.75) is 44.6 Å². The zero-order valence-electron chi connectivity index (χ0n) is 12.4. The van der Waals surface area contributed by atoms with Crippen molar-refractivity contribution in [2.24, 2.45) is 16.1 Å². The second-order valence-electron chi connectivity index (χ2n) is 6.20. The van der Waals surface area contributed by atoms with E-state index in [-0.39, 0.29) is 11.3 Å². The van der Waals surface area contributed by atoms with Crippen molar-refractivity contribution in [1.29, 1.82) is 0 Å². The Morgan fingerprint density at radius 2 is 1.84 bits per heavy atom. The van der Waals surface area contributed by atoms with Crippen molar-refractivity contribution in [1.82, 2.24) is 9.80 Å². The minimum atomic E-state index is -0.307. The molecule has 2 rings (SSSR count). The van der Waals surface area contributed by atoms with E-state index in [2.05, 4.69) is 4.99 Å². The Morgan fingerprint density at radius 1 is 1.26 bits per heavy atom. The number of rotatable bonds is 4. The smallest absolute Gasteiger partial charge is 0.230 e. The first-order valence-electron chi connectivity index (χ1n) is 7.21. The van der Waals surface area contributed by atoms with E-state index >= 15 is 0 Å². The SMILES string of the molecule is CN(C)C(=O)C1(CN=C(N)N(C)C2CC2)CCCC1. The zero-order valence-corrected chi connectivity index (χ0v) is 12.4. The topological polar surface area (TPSA) is 61.9 Å². The average Bonchev–Trinajstić information content (AvgIpc) is 3.13. The van der Waals surface area contributed by atoms with E-state index < -0.39 is 0 Å². The first-order chi connectivity index (χ1) is 8.96. The van der Waals surface area contributed by atoms with E-state index in [0.717, 1.165) is 25.7 Å². The maximum absolute atomic E-state index is 12.4. The summed E-state index contributed by atoms with van der Waals surface area (Å²) in [7, 11) is 5.64. The van der Waals surface area contributed by atoms with E-state index in [4.69, 9.17) is 5.73 Å². The number of nitrogens with two attached hydrogens (primary N) is 1. The summed E-state index contributed by atoms with van der Waals surface area (Å²) in [4.78, 5) is 20.7. The van der Waals surface area contributed by atoms with Crippen LogP contribution < -0.4 is 5.73 Å². The van der Waals surface area contributed by atoms with Gasteiger partial charge in [0.2, 0.25) is 5.91 Å². The van der Waals surface area contributed by atoms with E-state index in [1.54, 1.807) is 4.90 Å². The number of carbonyl (C=O) groups is 1. The van der Waals surface area contributed by atoms with Gasteiger partial charge < -0.3 is 15.5 Å². The van der Waals surface area contributed by atoms with Crippen LogP contribution in [-0.4, -0.2) is 55.4 Å². The zero-order chi connectivity index (χ0) is 14.0. The number of carbonyl (C=O) groups excluding carboxylic acids is 1. The molecule has 108 valence electrons. The second-order valence-corrected chi connectivity index (χ2v) is 6.20. The first-order valence-corrected chi connectivity index (χ1v) is 7.21. The van der Waals surface area contributed by atoms with Gasteiger partial charge in [0.25, 0.3) is 0 Å². The van der Waals surface area contributed by atoms with Gasteiger partial charge in [-0.3, -0.25) is 9.79 Å². The van der Waals surface area contributed by atoms with Crippen LogP contribution in [0.5, 0.6) is 0 Å². The van der Waals surface area contributed by atoms with Crippen LogP contribution in [-0.2, 0) is 4.79 Å². The third-order valence-corrected chi connectivity index (χ3v) is 4.42. The molecule has 1 amide bonds. The molecule has 0 atom stereocenters. The fourth-order valence-corrected chi connectivity index (χ4v) is 2.96. The molecule has 0 heterocycles. The summed E-state index contributed by atoms with van der Waals surface area (Å²) in [6.45, 7) is 0.535. The molecule has 0 radical (unpaired) electrons. The lowest BCUT2D eigenvalue weighted by atomic mass is 9.85. The Kier molecular flexibility index (Phi) is 4.02. The average molecular weight is 266 g/mol. The molecule has 0 spiro atoms. The lowest BCUT2D eigenvalue weighted by Crippen LogP contribution is -2.42. The second kappa shape index (κ2) is 5.39. The highest BCUT2D eigenvalue weighted by molar-refractivity contribution is 5.84. The molecule has 2 aliphatic rings. The van der Waals surface area contributed by atoms with Crippen LogP contribution in [0.4, 0.5) is 0 Å². The van der Waals surface area contributed by atoms with E-state index in [9.17, 15) is 4.79 Å². The fraction of sp³-hybridized carbons (Fsp3) is 0.857. The van der Waals surface area contributed by atoms with Crippen LogP contribution in [0.3, 0.4) is 0 Å². The highest BCUT2D eigenvalue weighted by Crippen LogP contribution is 2.39. The molecule has 0 saturated heterocycles. The molecule has 0 aromatic rings. The Labute approximate surface area is 115 Å². The summed E-state index contributed by atoms with van der Waals surface area (Å²) in [6, 6.07) is 0.563. The summed E-state index contributed by atoms with van der Waals surface area (Å²) in [5, 5.41) is 0. The maximum atomic E-state index is 12.4. The van der Waals surface area contributed by atoms with Crippen molar-refractivity contribution in [2.75, 3.05) is 27.7 Å². The van der Waals surface area contributed by atoms with E-state index in [1.807, 2.05) is 26.0 Å². The molecule has 5 heteroatoms. The fourth-order valence-electron chi connectivity index (χ4n) is 2.96. The standard InChI is InChI=1S/C14H26N4O/c1-17(2)12(19)14(8-4-5-9-14)10-16-13(15)18(3)11-6-7-11/h11H,4-10H2,1-3H3,(H2,15,16). The van der Waals surface area contributed by atoms with Crippen molar-refractivity contribution in [3.63, 3.8) is 0 Å². The summed E-state index contributed by atoms with van der Waals surface area (Å²) >= 11 is 0. The minimum absolute atomic E-state index is 0.204. The summed E-state index contributed by atoms with van der Waals surface area (Å²) in [6.07, 6.45) is 6.52. The van der Waals surface area contributed by atoms with Crippen LogP contribution in [0.1, 0.15) is 38.5 Å². The predicted molar refractivity (Wildman–Crippen MR) is 76.9 cm³/mol. The molecule has 0 unspecified atom stereocenters. The summed E-state index contributed by atoms with van der Waals surface area (Å²) in [5.41, 5.74) is 5.72. The third kappa shape index (κ3) is 3.01. The number of hydrogen-bond acceptors (Lipinski definition) is 2. The number of nitrogens with zero attached hydrogens (tertiary/aromatic N) is 3. The van der Waals surface area contributed by atoms with Crippen LogP contribution >= 0.6 is 0 Å². The molecule has 2 aliphatic carbocycles. The van der Waals surface area contributed by atoms with Gasteiger partial charge in [-0.15, -0.1) is 0 Å². The Hall–Kier alpha value is -1.26. The lowest BCUT2D eigenvalue weighted by Gasteiger charge is -2.29. The van der Waals surface area contributed by atoms with Gasteiger partial charge in [0.05, 0.1) is 12.0 Å². The molecular weight excluding hydrogens is 240 g/mol. The number of amides is 1. The lowest BCUT2D eigenvalue weighted by molar-refractivity contribution is -0.138. The molecule has 0 aliphatic heterocycles. The van der Waals surface area contributed by atoms with Gasteiger partial charge >= 0.3 is 0 Å². The molecule has 5 nitrogen and oxygen atoms in total. The summed E-state index contributed by atoms with van der Waals surface area (Å²) in [5.74, 6) is 0.788. The molecule has 2 fully saturated rings. The number of aliphatic imine (C=N–C) groups is 1. The van der Waals surface area contributed by atoms with Crippen LogP contribution in [0.25, 0.3) is 0 Å². The van der Waals surface area contributed by atoms with Gasteiger partial charge in [-0.25, -0.2) is 0 Å². The van der Waals surface area contributed by atoms with Crippen LogP contribution in [0.2, 0.25) is 0 Å². The number of guanidine groups is 1. The first kappa shape index (κ1) is 14.2. The number of hydrogen-bond donors (Lipinski definition) is 1. The van der Waals surface area contributed by atoms with Crippen molar-refractivity contribution in [3.05, 3.63) is 0 Å². The molecule has 2 saturated carbocycles. The molecule has 0 bridgehead atoms. The van der Waals surface area contributed by atoms with Gasteiger partial charge in [-0.05, 0) is 25.7 Å². The van der Waals surface area contributed by atoms with E-state index in [0.29, 0.717) is 18.5 Å². The predicted octanol–water partition coefficient (Wildman–Crippen LogP) is 1.04. The van der Waals surface area contributed by atoms with Gasteiger partial charge in [0, 0.05) is 27.2 Å². The van der Waals surface area contributed by atoms with Gasteiger partial charge in [0.15, 0.2) is 5.96 Å². The normalized spacial score (nSPS) is 22.4. The van der Waals surface area contributed by atoms with Crippen molar-refractivity contribution < 1.29 is 4.79 Å². The Morgan fingerprint density at radius 3 is 2.32 bits per heavy atom. The van der Waals surface area contributed by atoms with Crippen LogP contribution in [0.15, 0.2) is 4.99 Å². The van der Waals surface area contributed by atoms with Crippen molar-refractivity contribution in [3.8, 4) is 0 Å². The quantitative estimate of drug-likeness (QED) is 0.611. The monoisotopic (exact) mass is 266 g/mol. The van der Waals surface area contributed by atoms with Gasteiger partial charge in [-0.2, -0.15) is 0 Å². The summed E-state index contributed by atoms with van der Waals surface area (Å²) < 4.78 is 0. The maximum Gasteiger partial charge on any atom is 0.230 e. The molecule has 0 aromatic carbocycles. The molecular formula is C14H26N4O. The highest BCUT2D eigenvalue weighted by Gasteiger charge is 2.42. The third-order valence-electron chi connectivity index (χ3n) is 4.42. The van der Waals surface area contributed by atoms with Crippen molar-refractivity contribution >= 4 is 11.9 Å². The van der Waals surface area contributed by atoms with E-state index in [1.165, 1.54) is 12.8 Å². The van der Waals surface area contributed by atoms with Gasteiger partial charge in [0.1, 0.15) is 0 Å².